The highest BCUT2D eigenvalue weighted by Gasteiger charge is 2.34. The fraction of sp³-hybridized carbons (Fsp3) is 0.450. The van der Waals surface area contributed by atoms with Crippen LogP contribution in [0.2, 0.25) is 0 Å². The zero-order chi connectivity index (χ0) is 21.6. The van der Waals surface area contributed by atoms with Gasteiger partial charge in [-0.05, 0) is 62.1 Å². The summed E-state index contributed by atoms with van der Waals surface area (Å²) in [5.41, 5.74) is 2.53. The first-order valence-electron chi connectivity index (χ1n) is 9.28. The molecular weight excluding hydrogens is 403 g/mol. The number of anilines is 1. The molecule has 1 aliphatic rings. The van der Waals surface area contributed by atoms with Crippen molar-refractivity contribution >= 4 is 15.8 Å². The molecule has 29 heavy (non-hydrogen) atoms. The van der Waals surface area contributed by atoms with Crippen molar-refractivity contribution in [3.05, 3.63) is 52.2 Å². The minimum absolute atomic E-state index is 0.187. The lowest BCUT2D eigenvalue weighted by Gasteiger charge is -2.35. The number of piperazine rings is 1. The van der Waals surface area contributed by atoms with Gasteiger partial charge in [-0.15, -0.1) is 0 Å². The van der Waals surface area contributed by atoms with E-state index < -0.39 is 21.8 Å². The molecule has 1 saturated heterocycles. The number of pyridine rings is 1. The number of hydrogen-bond acceptors (Lipinski definition) is 4. The van der Waals surface area contributed by atoms with Crippen molar-refractivity contribution in [1.82, 2.24) is 9.29 Å². The van der Waals surface area contributed by atoms with Crippen LogP contribution < -0.4 is 4.90 Å². The van der Waals surface area contributed by atoms with Crippen LogP contribution in [0.5, 0.6) is 0 Å². The third-order valence-electron chi connectivity index (χ3n) is 5.53. The lowest BCUT2D eigenvalue weighted by atomic mass is 10.0. The molecule has 2 heterocycles. The molecule has 2 aromatic rings. The Hall–Kier alpha value is -2.13. The molecule has 1 fully saturated rings. The van der Waals surface area contributed by atoms with Gasteiger partial charge in [0.05, 0.1) is 10.5 Å². The monoisotopic (exact) mass is 427 g/mol. The van der Waals surface area contributed by atoms with Gasteiger partial charge in [-0.2, -0.15) is 17.5 Å². The van der Waals surface area contributed by atoms with Gasteiger partial charge in [0.2, 0.25) is 10.0 Å². The number of aromatic nitrogens is 1. The highest BCUT2D eigenvalue weighted by atomic mass is 32.2. The Morgan fingerprint density at radius 2 is 1.48 bits per heavy atom. The normalized spacial score (nSPS) is 16.3. The first kappa shape index (κ1) is 21.6. The molecule has 0 unspecified atom stereocenters. The third-order valence-corrected chi connectivity index (χ3v) is 7.70. The zero-order valence-electron chi connectivity index (χ0n) is 16.8. The topological polar surface area (TPSA) is 53.5 Å². The Labute approximate surface area is 169 Å². The standard InChI is InChI=1S/C20H24F3N3O2S/c1-13-11-14(2)16(4)19(15(13)3)29(27,28)26-9-7-25(8-10-26)18-12-17(5-6-24-18)20(21,22)23/h5-6,11-12H,7-10H2,1-4H3. The molecule has 0 spiro atoms. The molecule has 9 heteroatoms. The summed E-state index contributed by atoms with van der Waals surface area (Å²) in [6.07, 6.45) is -3.32. The summed E-state index contributed by atoms with van der Waals surface area (Å²) in [4.78, 5) is 6.05. The first-order chi connectivity index (χ1) is 13.4. The van der Waals surface area contributed by atoms with Crippen LogP contribution in [-0.4, -0.2) is 43.9 Å². The Morgan fingerprint density at radius 1 is 0.931 bits per heavy atom. The van der Waals surface area contributed by atoms with Crippen LogP contribution in [0.3, 0.4) is 0 Å². The summed E-state index contributed by atoms with van der Waals surface area (Å²) in [7, 11) is -3.70. The van der Waals surface area contributed by atoms with Crippen LogP contribution in [0.25, 0.3) is 0 Å². The van der Waals surface area contributed by atoms with E-state index in [1.165, 1.54) is 4.31 Å². The fourth-order valence-corrected chi connectivity index (χ4v) is 5.62. The first-order valence-corrected chi connectivity index (χ1v) is 10.7. The largest absolute Gasteiger partial charge is 0.416 e. The van der Waals surface area contributed by atoms with Gasteiger partial charge in [0.1, 0.15) is 5.82 Å². The molecule has 0 aliphatic carbocycles. The van der Waals surface area contributed by atoms with Gasteiger partial charge in [-0.1, -0.05) is 6.07 Å². The number of hydrogen-bond donors (Lipinski definition) is 0. The second-order valence-corrected chi connectivity index (χ2v) is 9.26. The van der Waals surface area contributed by atoms with Crippen molar-refractivity contribution in [2.75, 3.05) is 31.1 Å². The van der Waals surface area contributed by atoms with E-state index >= 15 is 0 Å². The molecule has 0 bridgehead atoms. The highest BCUT2D eigenvalue weighted by Crippen LogP contribution is 2.32. The van der Waals surface area contributed by atoms with E-state index in [1.54, 1.807) is 18.7 Å². The number of rotatable bonds is 3. The second-order valence-electron chi connectivity index (χ2n) is 7.38. The fourth-order valence-electron chi connectivity index (χ4n) is 3.62. The van der Waals surface area contributed by atoms with E-state index in [-0.39, 0.29) is 32.0 Å². The molecule has 5 nitrogen and oxygen atoms in total. The van der Waals surface area contributed by atoms with Crippen LogP contribution in [0.15, 0.2) is 29.3 Å². The molecule has 0 saturated carbocycles. The third kappa shape index (κ3) is 4.11. The summed E-state index contributed by atoms with van der Waals surface area (Å²) < 4.78 is 66.9. The van der Waals surface area contributed by atoms with E-state index in [1.807, 2.05) is 19.9 Å². The summed E-state index contributed by atoms with van der Waals surface area (Å²) in [6, 6.07) is 3.90. The number of sulfonamides is 1. The zero-order valence-corrected chi connectivity index (χ0v) is 17.7. The van der Waals surface area contributed by atoms with E-state index in [4.69, 9.17) is 0 Å². The maximum Gasteiger partial charge on any atom is 0.416 e. The number of nitrogens with zero attached hydrogens (tertiary/aromatic N) is 3. The summed E-state index contributed by atoms with van der Waals surface area (Å²) in [6.45, 7) is 8.30. The Bertz CT molecular complexity index is 1000. The van der Waals surface area contributed by atoms with Crippen LogP contribution in [0.4, 0.5) is 19.0 Å². The maximum absolute atomic E-state index is 13.3. The van der Waals surface area contributed by atoms with Crippen molar-refractivity contribution < 1.29 is 21.6 Å². The molecule has 1 aromatic heterocycles. The van der Waals surface area contributed by atoms with Gasteiger partial charge in [0, 0.05) is 32.4 Å². The molecule has 3 rings (SSSR count). The summed E-state index contributed by atoms with van der Waals surface area (Å²) in [5.74, 6) is 0.204. The average Bonchev–Trinajstić information content (AvgIpc) is 2.66. The number of benzene rings is 1. The number of alkyl halides is 3. The number of halogens is 3. The van der Waals surface area contributed by atoms with Crippen molar-refractivity contribution in [2.24, 2.45) is 0 Å². The molecule has 1 aliphatic heterocycles. The predicted molar refractivity (Wildman–Crippen MR) is 106 cm³/mol. The summed E-state index contributed by atoms with van der Waals surface area (Å²) >= 11 is 0. The van der Waals surface area contributed by atoms with Crippen LogP contribution in [0.1, 0.15) is 27.8 Å². The van der Waals surface area contributed by atoms with Gasteiger partial charge < -0.3 is 4.90 Å². The lowest BCUT2D eigenvalue weighted by molar-refractivity contribution is -0.137. The molecule has 158 valence electrons. The predicted octanol–water partition coefficient (Wildman–Crippen LogP) is 3.84. The van der Waals surface area contributed by atoms with E-state index in [0.717, 1.165) is 40.6 Å². The molecule has 1 aromatic carbocycles. The van der Waals surface area contributed by atoms with Crippen molar-refractivity contribution in [2.45, 2.75) is 38.8 Å². The lowest BCUT2D eigenvalue weighted by Crippen LogP contribution is -2.49. The maximum atomic E-state index is 13.3. The number of aryl methyl sites for hydroxylation is 2. The smallest absolute Gasteiger partial charge is 0.354 e. The van der Waals surface area contributed by atoms with Gasteiger partial charge in [0.25, 0.3) is 0 Å². The van der Waals surface area contributed by atoms with E-state index in [0.29, 0.717) is 4.90 Å². The Balaban J connectivity index is 1.83. The van der Waals surface area contributed by atoms with E-state index in [9.17, 15) is 21.6 Å². The van der Waals surface area contributed by atoms with Crippen LogP contribution in [-0.2, 0) is 16.2 Å². The van der Waals surface area contributed by atoms with Crippen molar-refractivity contribution in [3.63, 3.8) is 0 Å². The minimum atomic E-state index is -4.44. The quantitative estimate of drug-likeness (QED) is 0.747. The van der Waals surface area contributed by atoms with Crippen molar-refractivity contribution in [3.8, 4) is 0 Å². The second kappa shape index (κ2) is 7.60. The van der Waals surface area contributed by atoms with Gasteiger partial charge in [-0.25, -0.2) is 13.4 Å². The highest BCUT2D eigenvalue weighted by molar-refractivity contribution is 7.89. The van der Waals surface area contributed by atoms with Gasteiger partial charge in [0.15, 0.2) is 0 Å². The molecular formula is C20H24F3N3O2S. The van der Waals surface area contributed by atoms with Crippen LogP contribution in [0, 0.1) is 27.7 Å². The molecule has 0 amide bonds. The Morgan fingerprint density at radius 3 is 2.00 bits per heavy atom. The van der Waals surface area contributed by atoms with Crippen molar-refractivity contribution in [1.29, 1.82) is 0 Å². The molecule has 0 atom stereocenters. The Kier molecular flexibility index (Phi) is 5.66. The molecule has 0 N–H and O–H groups in total. The van der Waals surface area contributed by atoms with Gasteiger partial charge in [-0.3, -0.25) is 0 Å². The molecule has 0 radical (unpaired) electrons. The summed E-state index contributed by atoms with van der Waals surface area (Å²) in [5, 5.41) is 0. The van der Waals surface area contributed by atoms with Gasteiger partial charge >= 0.3 is 6.18 Å². The minimum Gasteiger partial charge on any atom is -0.354 e. The van der Waals surface area contributed by atoms with E-state index in [2.05, 4.69) is 4.98 Å². The average molecular weight is 427 g/mol. The van der Waals surface area contributed by atoms with Crippen LogP contribution >= 0.6 is 0 Å². The SMILES string of the molecule is Cc1cc(C)c(C)c(S(=O)(=O)N2CCN(c3cc(C(F)(F)F)ccn3)CC2)c1C.